The van der Waals surface area contributed by atoms with E-state index in [1.807, 2.05) is 13.1 Å². The lowest BCUT2D eigenvalue weighted by molar-refractivity contribution is 0.188. The van der Waals surface area contributed by atoms with Gasteiger partial charge in [-0.3, -0.25) is 0 Å². The second kappa shape index (κ2) is 8.72. The Morgan fingerprint density at radius 1 is 1.09 bits per heavy atom. The van der Waals surface area contributed by atoms with Crippen LogP contribution in [0.1, 0.15) is 65.2 Å². The Hall–Kier alpha value is -3.31. The average Bonchev–Trinajstić information content (AvgIpc) is 3.36. The fourth-order valence-corrected chi connectivity index (χ4v) is 6.66. The number of aliphatic hydroxyl groups is 1. The Labute approximate surface area is 206 Å². The fraction of sp³-hybridized carbons (Fsp3) is 0.367. The van der Waals surface area contributed by atoms with Crippen molar-refractivity contribution in [1.82, 2.24) is 15.1 Å². The van der Waals surface area contributed by atoms with Crippen LogP contribution in [0, 0.1) is 12.8 Å². The summed E-state index contributed by atoms with van der Waals surface area (Å²) in [4.78, 5) is 10.2. The molecule has 2 aliphatic carbocycles. The Bertz CT molecular complexity index is 1360. The van der Waals surface area contributed by atoms with Crippen LogP contribution in [-0.4, -0.2) is 26.8 Å². The smallest absolute Gasteiger partial charge is 0.143 e. The van der Waals surface area contributed by atoms with Crippen molar-refractivity contribution in [2.75, 3.05) is 6.61 Å². The maximum Gasteiger partial charge on any atom is 0.143 e. The minimum Gasteiger partial charge on any atom is -0.396 e. The lowest BCUT2D eigenvalue weighted by Gasteiger charge is -2.50. The van der Waals surface area contributed by atoms with E-state index in [9.17, 15) is 5.11 Å². The van der Waals surface area contributed by atoms with Crippen molar-refractivity contribution in [3.63, 3.8) is 0 Å². The predicted octanol–water partition coefficient (Wildman–Crippen LogP) is 5.57. The first-order valence-electron chi connectivity index (χ1n) is 12.7. The molecule has 6 rings (SSSR count). The van der Waals surface area contributed by atoms with E-state index in [0.29, 0.717) is 5.92 Å². The van der Waals surface area contributed by atoms with Crippen LogP contribution in [0.25, 0.3) is 11.3 Å². The standard InChI is InChI=1S/C30H31N3O2/c1-19-26-14-13-25-27(22-10-6-8-21(16-22)9-7-15-34)32-20(2)33-29(25)30(26,24-11-4-3-5-12-24)17-23-18-31-35-28(19)23/h3-6,8,10-12,16,18-19,26,34H,7,9,13-15,17H2,1-2H3/t19-,26-,30+/m0/s1. The molecule has 2 heterocycles. The molecule has 3 atom stereocenters. The molecule has 0 amide bonds. The molecule has 35 heavy (non-hydrogen) atoms. The number of benzene rings is 2. The van der Waals surface area contributed by atoms with Gasteiger partial charge in [-0.1, -0.05) is 60.6 Å². The maximum absolute atomic E-state index is 9.30. The van der Waals surface area contributed by atoms with Crippen LogP contribution in [-0.2, 0) is 24.7 Å². The van der Waals surface area contributed by atoms with Gasteiger partial charge in [-0.15, -0.1) is 0 Å². The van der Waals surface area contributed by atoms with Crippen molar-refractivity contribution in [3.8, 4) is 11.3 Å². The summed E-state index contributed by atoms with van der Waals surface area (Å²) < 4.78 is 5.75. The number of hydrogen-bond donors (Lipinski definition) is 1. The topological polar surface area (TPSA) is 72.0 Å². The summed E-state index contributed by atoms with van der Waals surface area (Å²) >= 11 is 0. The first-order valence-corrected chi connectivity index (χ1v) is 12.7. The van der Waals surface area contributed by atoms with Gasteiger partial charge in [-0.05, 0) is 62.1 Å². The van der Waals surface area contributed by atoms with Gasteiger partial charge in [0.2, 0.25) is 0 Å². The number of hydrogen-bond acceptors (Lipinski definition) is 5. The first-order chi connectivity index (χ1) is 17.1. The Morgan fingerprint density at radius 2 is 1.94 bits per heavy atom. The SMILES string of the molecule is Cc1nc(-c2cccc(CCCO)c2)c2c(n1)[C@@]1(c3ccccc3)Cc3cnoc3[C@@H](C)[C@@H]1CC2. The van der Waals surface area contributed by atoms with E-state index in [1.165, 1.54) is 27.9 Å². The van der Waals surface area contributed by atoms with Gasteiger partial charge in [0, 0.05) is 34.6 Å². The lowest BCUT2D eigenvalue weighted by atomic mass is 9.53. The van der Waals surface area contributed by atoms with Crippen molar-refractivity contribution in [3.05, 3.63) is 100 Å². The highest BCUT2D eigenvalue weighted by Gasteiger charge is 2.54. The van der Waals surface area contributed by atoms with Crippen molar-refractivity contribution in [2.45, 2.75) is 57.3 Å². The Kier molecular flexibility index (Phi) is 5.53. The molecule has 4 aromatic rings. The number of aliphatic hydroxyl groups excluding tert-OH is 1. The van der Waals surface area contributed by atoms with Gasteiger partial charge in [0.15, 0.2) is 0 Å². The van der Waals surface area contributed by atoms with Gasteiger partial charge >= 0.3 is 0 Å². The quantitative estimate of drug-likeness (QED) is 0.417. The summed E-state index contributed by atoms with van der Waals surface area (Å²) in [5.41, 5.74) is 8.11. The molecule has 0 radical (unpaired) electrons. The summed E-state index contributed by atoms with van der Waals surface area (Å²) in [6.07, 6.45) is 6.36. The predicted molar refractivity (Wildman–Crippen MR) is 135 cm³/mol. The summed E-state index contributed by atoms with van der Waals surface area (Å²) in [7, 11) is 0. The van der Waals surface area contributed by atoms with Crippen molar-refractivity contribution in [1.29, 1.82) is 0 Å². The minimum absolute atomic E-state index is 0.205. The number of nitrogens with zero attached hydrogens (tertiary/aromatic N) is 3. The van der Waals surface area contributed by atoms with E-state index in [0.717, 1.165) is 54.9 Å². The van der Waals surface area contributed by atoms with Gasteiger partial charge < -0.3 is 9.63 Å². The van der Waals surface area contributed by atoms with Crippen LogP contribution in [0.3, 0.4) is 0 Å². The minimum atomic E-state index is -0.246. The van der Waals surface area contributed by atoms with Crippen molar-refractivity contribution >= 4 is 0 Å². The van der Waals surface area contributed by atoms with Crippen LogP contribution in [0.4, 0.5) is 0 Å². The van der Waals surface area contributed by atoms with E-state index in [2.05, 4.69) is 66.7 Å². The number of rotatable bonds is 5. The maximum atomic E-state index is 9.30. The Morgan fingerprint density at radius 3 is 2.77 bits per heavy atom. The highest BCUT2D eigenvalue weighted by Crippen LogP contribution is 2.57. The van der Waals surface area contributed by atoms with Crippen LogP contribution in [0.15, 0.2) is 65.3 Å². The highest BCUT2D eigenvalue weighted by molar-refractivity contribution is 5.67. The summed E-state index contributed by atoms with van der Waals surface area (Å²) in [5, 5.41) is 13.5. The molecule has 5 nitrogen and oxygen atoms in total. The Balaban J connectivity index is 1.58. The molecule has 0 saturated heterocycles. The molecule has 0 bridgehead atoms. The van der Waals surface area contributed by atoms with Gasteiger partial charge in [0.1, 0.15) is 11.6 Å². The molecule has 1 N–H and O–H groups in total. The molecule has 0 aliphatic heterocycles. The molecule has 5 heteroatoms. The van der Waals surface area contributed by atoms with E-state index < -0.39 is 0 Å². The van der Waals surface area contributed by atoms with Gasteiger partial charge in [-0.25, -0.2) is 9.97 Å². The lowest BCUT2D eigenvalue weighted by Crippen LogP contribution is -2.48. The average molecular weight is 466 g/mol. The van der Waals surface area contributed by atoms with E-state index in [4.69, 9.17) is 14.5 Å². The summed E-state index contributed by atoms with van der Waals surface area (Å²) in [6, 6.07) is 19.5. The summed E-state index contributed by atoms with van der Waals surface area (Å²) in [5.74, 6) is 2.47. The second-order valence-electron chi connectivity index (χ2n) is 10.1. The third-order valence-corrected chi connectivity index (χ3v) is 8.16. The van der Waals surface area contributed by atoms with E-state index in [-0.39, 0.29) is 17.9 Å². The van der Waals surface area contributed by atoms with Gasteiger partial charge in [0.25, 0.3) is 0 Å². The van der Waals surface area contributed by atoms with Crippen LogP contribution in [0.5, 0.6) is 0 Å². The first kappa shape index (κ1) is 22.2. The molecular formula is C30H31N3O2. The molecule has 2 aromatic heterocycles. The van der Waals surface area contributed by atoms with Crippen LogP contribution in [0.2, 0.25) is 0 Å². The molecule has 0 unspecified atom stereocenters. The third-order valence-electron chi connectivity index (χ3n) is 8.16. The van der Waals surface area contributed by atoms with Crippen molar-refractivity contribution in [2.24, 2.45) is 5.92 Å². The molecule has 2 aliphatic rings. The fourth-order valence-electron chi connectivity index (χ4n) is 6.66. The number of aryl methyl sites for hydroxylation is 2. The third kappa shape index (κ3) is 3.52. The van der Waals surface area contributed by atoms with Gasteiger partial charge in [-0.2, -0.15) is 0 Å². The highest BCUT2D eigenvalue weighted by atomic mass is 16.5. The van der Waals surface area contributed by atoms with Crippen LogP contribution < -0.4 is 0 Å². The zero-order chi connectivity index (χ0) is 24.0. The normalized spacial score (nSPS) is 22.8. The zero-order valence-corrected chi connectivity index (χ0v) is 20.4. The second-order valence-corrected chi connectivity index (χ2v) is 10.1. The molecule has 2 aromatic carbocycles. The molecule has 0 fully saturated rings. The molecule has 0 saturated carbocycles. The van der Waals surface area contributed by atoms with E-state index in [1.54, 1.807) is 0 Å². The number of fused-ring (bicyclic) bond motifs is 4. The molecule has 0 spiro atoms. The molecular weight excluding hydrogens is 434 g/mol. The number of aromatic nitrogens is 3. The molecule has 178 valence electrons. The van der Waals surface area contributed by atoms with Crippen molar-refractivity contribution < 1.29 is 9.63 Å². The van der Waals surface area contributed by atoms with Crippen LogP contribution >= 0.6 is 0 Å². The van der Waals surface area contributed by atoms with Gasteiger partial charge in [0.05, 0.1) is 17.6 Å². The monoisotopic (exact) mass is 465 g/mol. The van der Waals surface area contributed by atoms with E-state index >= 15 is 0 Å². The zero-order valence-electron chi connectivity index (χ0n) is 20.4. The summed E-state index contributed by atoms with van der Waals surface area (Å²) in [6.45, 7) is 4.51. The largest absolute Gasteiger partial charge is 0.396 e.